The summed E-state index contributed by atoms with van der Waals surface area (Å²) in [5.41, 5.74) is 0.327. The fourth-order valence-corrected chi connectivity index (χ4v) is 2.19. The average Bonchev–Trinajstić information content (AvgIpc) is 2.25. The van der Waals surface area contributed by atoms with E-state index < -0.39 is 0 Å². The quantitative estimate of drug-likeness (QED) is 0.506. The summed E-state index contributed by atoms with van der Waals surface area (Å²) in [7, 11) is 0. The molecule has 84 valence electrons. The Labute approximate surface area is 101 Å². The van der Waals surface area contributed by atoms with E-state index in [1.807, 2.05) is 6.92 Å². The highest BCUT2D eigenvalue weighted by Crippen LogP contribution is 2.18. The van der Waals surface area contributed by atoms with Gasteiger partial charge in [-0.05, 0) is 24.0 Å². The second kappa shape index (κ2) is 4.35. The van der Waals surface area contributed by atoms with E-state index >= 15 is 0 Å². The summed E-state index contributed by atoms with van der Waals surface area (Å²) in [5, 5.41) is 1.54. The predicted molar refractivity (Wildman–Crippen MR) is 67.6 cm³/mol. The standard InChI is InChI=1S/C10H10ClN3OS/c1-2-16-10-13-8-5-6(11)3-4-7(8)9(15)14(10)12/h3-5H,2,12H2,1H3. The number of benzene rings is 1. The van der Waals surface area contributed by atoms with Gasteiger partial charge in [0.25, 0.3) is 5.56 Å². The Hall–Kier alpha value is -1.20. The van der Waals surface area contributed by atoms with E-state index in [1.165, 1.54) is 11.8 Å². The van der Waals surface area contributed by atoms with E-state index in [-0.39, 0.29) is 5.56 Å². The van der Waals surface area contributed by atoms with Gasteiger partial charge in [-0.2, -0.15) is 0 Å². The van der Waals surface area contributed by atoms with Crippen LogP contribution in [0.4, 0.5) is 0 Å². The summed E-state index contributed by atoms with van der Waals surface area (Å²) in [6.07, 6.45) is 0. The minimum Gasteiger partial charge on any atom is -0.334 e. The summed E-state index contributed by atoms with van der Waals surface area (Å²) in [5.74, 6) is 6.46. The van der Waals surface area contributed by atoms with E-state index in [0.717, 1.165) is 10.4 Å². The molecular weight excluding hydrogens is 246 g/mol. The van der Waals surface area contributed by atoms with Gasteiger partial charge in [-0.25, -0.2) is 9.66 Å². The lowest BCUT2D eigenvalue weighted by atomic mass is 10.2. The molecule has 6 heteroatoms. The number of halogens is 1. The Morgan fingerprint density at radius 2 is 2.31 bits per heavy atom. The van der Waals surface area contributed by atoms with Crippen LogP contribution in [0, 0.1) is 0 Å². The highest BCUT2D eigenvalue weighted by atomic mass is 35.5. The van der Waals surface area contributed by atoms with Crippen molar-refractivity contribution >= 4 is 34.3 Å². The zero-order chi connectivity index (χ0) is 11.7. The van der Waals surface area contributed by atoms with Crippen molar-refractivity contribution in [1.29, 1.82) is 0 Å². The van der Waals surface area contributed by atoms with Crippen molar-refractivity contribution in [2.24, 2.45) is 0 Å². The fraction of sp³-hybridized carbons (Fsp3) is 0.200. The molecule has 0 radical (unpaired) electrons. The van der Waals surface area contributed by atoms with E-state index in [0.29, 0.717) is 21.1 Å². The van der Waals surface area contributed by atoms with Gasteiger partial charge in [0.2, 0.25) is 0 Å². The Morgan fingerprint density at radius 3 is 3.00 bits per heavy atom. The van der Waals surface area contributed by atoms with E-state index in [1.54, 1.807) is 18.2 Å². The highest BCUT2D eigenvalue weighted by Gasteiger charge is 2.08. The number of hydrogen-bond donors (Lipinski definition) is 1. The minimum absolute atomic E-state index is 0.252. The van der Waals surface area contributed by atoms with Crippen molar-refractivity contribution < 1.29 is 0 Å². The average molecular weight is 256 g/mol. The molecule has 0 atom stereocenters. The maximum atomic E-state index is 11.9. The number of nitrogens with two attached hydrogens (primary N) is 1. The number of rotatable bonds is 2. The first-order valence-electron chi connectivity index (χ1n) is 4.73. The van der Waals surface area contributed by atoms with Crippen molar-refractivity contribution in [1.82, 2.24) is 9.66 Å². The van der Waals surface area contributed by atoms with Crippen LogP contribution in [0.1, 0.15) is 6.92 Å². The topological polar surface area (TPSA) is 60.9 Å². The smallest absolute Gasteiger partial charge is 0.280 e. The molecule has 4 nitrogen and oxygen atoms in total. The van der Waals surface area contributed by atoms with Gasteiger partial charge < -0.3 is 5.84 Å². The van der Waals surface area contributed by atoms with Crippen molar-refractivity contribution in [3.8, 4) is 0 Å². The number of hydrogen-bond acceptors (Lipinski definition) is 4. The number of nitrogen functional groups attached to an aromatic ring is 1. The van der Waals surface area contributed by atoms with Crippen LogP contribution in [0.15, 0.2) is 28.2 Å². The van der Waals surface area contributed by atoms with Crippen LogP contribution in [0.2, 0.25) is 5.02 Å². The number of fused-ring (bicyclic) bond motifs is 1. The molecule has 1 aromatic carbocycles. The summed E-state index contributed by atoms with van der Waals surface area (Å²) >= 11 is 7.27. The lowest BCUT2D eigenvalue weighted by Crippen LogP contribution is -2.29. The third-order valence-electron chi connectivity index (χ3n) is 2.10. The molecule has 2 N–H and O–H groups in total. The zero-order valence-electron chi connectivity index (χ0n) is 8.61. The molecule has 0 saturated heterocycles. The number of nitrogens with zero attached hydrogens (tertiary/aromatic N) is 2. The predicted octanol–water partition coefficient (Wildman–Crippen LogP) is 1.88. The molecule has 0 aliphatic heterocycles. The molecule has 0 saturated carbocycles. The molecule has 16 heavy (non-hydrogen) atoms. The Balaban J connectivity index is 2.78. The van der Waals surface area contributed by atoms with Gasteiger partial charge in [0.15, 0.2) is 5.16 Å². The molecule has 0 aliphatic rings. The molecule has 0 unspecified atom stereocenters. The monoisotopic (exact) mass is 255 g/mol. The largest absolute Gasteiger partial charge is 0.334 e. The van der Waals surface area contributed by atoms with Crippen molar-refractivity contribution in [3.63, 3.8) is 0 Å². The lowest BCUT2D eigenvalue weighted by Gasteiger charge is -2.07. The summed E-state index contributed by atoms with van der Waals surface area (Å²) in [6.45, 7) is 1.97. The molecule has 0 bridgehead atoms. The maximum Gasteiger partial charge on any atom is 0.280 e. The first-order valence-corrected chi connectivity index (χ1v) is 6.10. The summed E-state index contributed by atoms with van der Waals surface area (Å²) < 4.78 is 1.07. The number of thioether (sulfide) groups is 1. The van der Waals surface area contributed by atoms with Crippen LogP contribution in [0.5, 0.6) is 0 Å². The Bertz CT molecular complexity index is 596. The molecule has 2 rings (SSSR count). The molecule has 0 aliphatic carbocycles. The third-order valence-corrected chi connectivity index (χ3v) is 3.17. The van der Waals surface area contributed by atoms with Crippen molar-refractivity contribution in [3.05, 3.63) is 33.6 Å². The minimum atomic E-state index is -0.252. The molecule has 1 heterocycles. The van der Waals surface area contributed by atoms with Gasteiger partial charge in [-0.3, -0.25) is 4.79 Å². The van der Waals surface area contributed by atoms with Gasteiger partial charge in [-0.1, -0.05) is 30.3 Å². The van der Waals surface area contributed by atoms with Crippen LogP contribution in [0.25, 0.3) is 10.9 Å². The third kappa shape index (κ3) is 1.88. The van der Waals surface area contributed by atoms with Crippen LogP contribution >= 0.6 is 23.4 Å². The Morgan fingerprint density at radius 1 is 1.56 bits per heavy atom. The second-order valence-corrected chi connectivity index (χ2v) is 4.83. The van der Waals surface area contributed by atoms with Crippen molar-refractivity contribution in [2.75, 3.05) is 11.6 Å². The number of aromatic nitrogens is 2. The van der Waals surface area contributed by atoms with Gasteiger partial charge in [0, 0.05) is 5.02 Å². The van der Waals surface area contributed by atoms with Gasteiger partial charge in [0.1, 0.15) is 0 Å². The van der Waals surface area contributed by atoms with Crippen LogP contribution in [0.3, 0.4) is 0 Å². The molecule has 0 amide bonds. The van der Waals surface area contributed by atoms with Crippen LogP contribution in [-0.4, -0.2) is 15.4 Å². The molecule has 1 aromatic heterocycles. The first-order chi connectivity index (χ1) is 7.63. The Kier molecular flexibility index (Phi) is 3.07. The van der Waals surface area contributed by atoms with Gasteiger partial charge >= 0.3 is 0 Å². The molecular formula is C10H10ClN3OS. The van der Waals surface area contributed by atoms with Gasteiger partial charge in [0.05, 0.1) is 10.9 Å². The molecule has 0 spiro atoms. The SMILES string of the molecule is CCSc1nc2cc(Cl)ccc2c(=O)n1N. The first kappa shape index (κ1) is 11.3. The van der Waals surface area contributed by atoms with E-state index in [9.17, 15) is 4.79 Å². The molecule has 0 fully saturated rings. The van der Waals surface area contributed by atoms with E-state index in [2.05, 4.69) is 4.98 Å². The van der Waals surface area contributed by atoms with Gasteiger partial charge in [-0.15, -0.1) is 0 Å². The van der Waals surface area contributed by atoms with E-state index in [4.69, 9.17) is 17.4 Å². The normalized spacial score (nSPS) is 10.9. The molecule has 2 aromatic rings. The second-order valence-electron chi connectivity index (χ2n) is 3.16. The van der Waals surface area contributed by atoms with Crippen molar-refractivity contribution in [2.45, 2.75) is 12.1 Å². The maximum absolute atomic E-state index is 11.9. The summed E-state index contributed by atoms with van der Waals surface area (Å²) in [6, 6.07) is 4.95. The fourth-order valence-electron chi connectivity index (χ4n) is 1.38. The highest BCUT2D eigenvalue weighted by molar-refractivity contribution is 7.99. The van der Waals surface area contributed by atoms with Crippen LogP contribution in [-0.2, 0) is 0 Å². The van der Waals surface area contributed by atoms with Crippen LogP contribution < -0.4 is 11.4 Å². The lowest BCUT2D eigenvalue weighted by molar-refractivity contribution is 0.780. The zero-order valence-corrected chi connectivity index (χ0v) is 10.2. The summed E-state index contributed by atoms with van der Waals surface area (Å²) in [4.78, 5) is 16.2.